The predicted molar refractivity (Wildman–Crippen MR) is 89.2 cm³/mol. The van der Waals surface area contributed by atoms with Crippen molar-refractivity contribution in [2.45, 2.75) is 52.4 Å². The van der Waals surface area contributed by atoms with Gasteiger partial charge in [0, 0.05) is 11.1 Å². The van der Waals surface area contributed by atoms with Crippen molar-refractivity contribution in [3.63, 3.8) is 0 Å². The summed E-state index contributed by atoms with van der Waals surface area (Å²) in [6.45, 7) is 4.49. The van der Waals surface area contributed by atoms with Gasteiger partial charge in [0.25, 0.3) is 0 Å². The van der Waals surface area contributed by atoms with Gasteiger partial charge in [-0.05, 0) is 43.4 Å². The zero-order chi connectivity index (χ0) is 15.5. The smallest absolute Gasteiger partial charge is 0.204 e. The third-order valence-corrected chi connectivity index (χ3v) is 3.46. The first-order valence-electron chi connectivity index (χ1n) is 7.79. The van der Waals surface area contributed by atoms with Crippen molar-refractivity contribution in [2.24, 2.45) is 5.73 Å². The van der Waals surface area contributed by atoms with E-state index in [-0.39, 0.29) is 6.41 Å². The number of nitrogens with two attached hydrogens (primary N) is 1. The molecule has 3 nitrogen and oxygen atoms in total. The topological polar surface area (TPSA) is 56.0 Å². The van der Waals surface area contributed by atoms with Crippen molar-refractivity contribution in [1.82, 2.24) is 4.98 Å². The Bertz CT molecular complexity index is 505. The first kappa shape index (κ1) is 17.2. The van der Waals surface area contributed by atoms with Crippen LogP contribution in [0.25, 0.3) is 10.9 Å². The minimum Gasteiger partial charge on any atom is -0.372 e. The number of pyridine rings is 1. The average Bonchev–Trinajstić information content (AvgIpc) is 2.51. The van der Waals surface area contributed by atoms with Crippen LogP contribution in [-0.4, -0.2) is 11.4 Å². The summed E-state index contributed by atoms with van der Waals surface area (Å²) in [6.07, 6.45) is 7.54. The Kier molecular flexibility index (Phi) is 8.10. The van der Waals surface area contributed by atoms with Gasteiger partial charge in [0.05, 0.1) is 5.52 Å². The number of fused-ring (bicyclic) bond motifs is 1. The highest BCUT2D eigenvalue weighted by Gasteiger charge is 2.06. The molecule has 0 aliphatic carbocycles. The van der Waals surface area contributed by atoms with E-state index in [0.717, 1.165) is 11.9 Å². The van der Waals surface area contributed by atoms with Gasteiger partial charge in [-0.1, -0.05) is 44.9 Å². The number of aromatic nitrogens is 1. The molecule has 0 unspecified atom stereocenters. The summed E-state index contributed by atoms with van der Waals surface area (Å²) in [5, 5.41) is 1.28. The van der Waals surface area contributed by atoms with Gasteiger partial charge in [-0.3, -0.25) is 9.78 Å². The van der Waals surface area contributed by atoms with Crippen LogP contribution in [0, 0.1) is 0 Å². The highest BCUT2D eigenvalue weighted by molar-refractivity contribution is 5.79. The molecule has 1 aromatic heterocycles. The second-order valence-electron chi connectivity index (χ2n) is 5.13. The normalized spacial score (nSPS) is 10.0. The summed E-state index contributed by atoms with van der Waals surface area (Å²) in [5.74, 6) is 0. The lowest BCUT2D eigenvalue weighted by Crippen LogP contribution is -1.99. The number of carbonyl (C=O) groups excluding carboxylic acids is 1. The number of carbonyl (C=O) groups is 1. The van der Waals surface area contributed by atoms with Crippen molar-refractivity contribution in [2.75, 3.05) is 0 Å². The minimum absolute atomic E-state index is 0.250. The number of hydrogen-bond donors (Lipinski definition) is 1. The van der Waals surface area contributed by atoms with E-state index in [4.69, 9.17) is 9.78 Å². The van der Waals surface area contributed by atoms with E-state index in [1.165, 1.54) is 48.7 Å². The van der Waals surface area contributed by atoms with Crippen LogP contribution in [0.4, 0.5) is 0 Å². The van der Waals surface area contributed by atoms with Gasteiger partial charge in [-0.15, -0.1) is 0 Å². The summed E-state index contributed by atoms with van der Waals surface area (Å²) in [7, 11) is 0. The molecule has 0 aliphatic heterocycles. The van der Waals surface area contributed by atoms with Crippen LogP contribution in [0.2, 0.25) is 0 Å². The maximum atomic E-state index is 8.58. The Labute approximate surface area is 127 Å². The molecule has 0 saturated heterocycles. The van der Waals surface area contributed by atoms with Crippen LogP contribution >= 0.6 is 0 Å². The SMILES string of the molecule is CCCCc1cc2ccccc2nc1CCCC.NC=O. The fourth-order valence-electron chi connectivity index (χ4n) is 2.34. The number of nitrogens with zero attached hydrogens (tertiary/aromatic N) is 1. The average molecular weight is 286 g/mol. The maximum absolute atomic E-state index is 8.58. The number of hydrogen-bond acceptors (Lipinski definition) is 2. The minimum atomic E-state index is 0.250. The largest absolute Gasteiger partial charge is 0.372 e. The van der Waals surface area contributed by atoms with Gasteiger partial charge < -0.3 is 5.73 Å². The second kappa shape index (κ2) is 9.92. The maximum Gasteiger partial charge on any atom is 0.204 e. The molecule has 0 saturated carbocycles. The number of benzene rings is 1. The Morgan fingerprint density at radius 3 is 2.38 bits per heavy atom. The van der Waals surface area contributed by atoms with E-state index in [9.17, 15) is 0 Å². The van der Waals surface area contributed by atoms with Crippen LogP contribution in [-0.2, 0) is 17.6 Å². The van der Waals surface area contributed by atoms with Crippen molar-refractivity contribution >= 4 is 17.3 Å². The van der Waals surface area contributed by atoms with Gasteiger partial charge in [-0.2, -0.15) is 0 Å². The molecular formula is C18H26N2O. The van der Waals surface area contributed by atoms with Crippen molar-refractivity contribution in [3.8, 4) is 0 Å². The van der Waals surface area contributed by atoms with Crippen LogP contribution < -0.4 is 5.73 Å². The molecule has 0 spiro atoms. The fraction of sp³-hybridized carbons (Fsp3) is 0.444. The molecule has 3 heteroatoms. The number of amides is 1. The van der Waals surface area contributed by atoms with E-state index in [0.29, 0.717) is 0 Å². The number of para-hydroxylation sites is 1. The van der Waals surface area contributed by atoms with E-state index in [1.54, 1.807) is 0 Å². The van der Waals surface area contributed by atoms with Gasteiger partial charge in [0.15, 0.2) is 0 Å². The van der Waals surface area contributed by atoms with Crippen molar-refractivity contribution < 1.29 is 4.79 Å². The first-order chi connectivity index (χ1) is 10.3. The summed E-state index contributed by atoms with van der Waals surface area (Å²) in [5.41, 5.74) is 8.09. The summed E-state index contributed by atoms with van der Waals surface area (Å²) in [4.78, 5) is 13.4. The molecule has 2 N–H and O–H groups in total. The number of rotatable bonds is 6. The summed E-state index contributed by atoms with van der Waals surface area (Å²) in [6, 6.07) is 10.8. The molecule has 0 radical (unpaired) electrons. The first-order valence-corrected chi connectivity index (χ1v) is 7.79. The summed E-state index contributed by atoms with van der Waals surface area (Å²) >= 11 is 0. The van der Waals surface area contributed by atoms with Gasteiger partial charge in [0.2, 0.25) is 6.41 Å². The third kappa shape index (κ3) is 5.54. The molecule has 1 heterocycles. The highest BCUT2D eigenvalue weighted by atomic mass is 16.1. The summed E-state index contributed by atoms with van der Waals surface area (Å²) < 4.78 is 0. The molecule has 2 rings (SSSR count). The van der Waals surface area contributed by atoms with Crippen LogP contribution in [0.1, 0.15) is 50.8 Å². The molecular weight excluding hydrogens is 260 g/mol. The Morgan fingerprint density at radius 1 is 1.10 bits per heavy atom. The molecule has 1 aromatic carbocycles. The van der Waals surface area contributed by atoms with E-state index >= 15 is 0 Å². The van der Waals surface area contributed by atoms with Crippen LogP contribution in [0.3, 0.4) is 0 Å². The van der Waals surface area contributed by atoms with E-state index in [2.05, 4.69) is 49.9 Å². The van der Waals surface area contributed by atoms with E-state index in [1.807, 2.05) is 0 Å². The monoisotopic (exact) mass is 286 g/mol. The lowest BCUT2D eigenvalue weighted by Gasteiger charge is -2.10. The predicted octanol–water partition coefficient (Wildman–Crippen LogP) is 4.02. The molecule has 2 aromatic rings. The van der Waals surface area contributed by atoms with Gasteiger partial charge >= 0.3 is 0 Å². The zero-order valence-electron chi connectivity index (χ0n) is 13.1. The lowest BCUT2D eigenvalue weighted by molar-refractivity contribution is -0.106. The quantitative estimate of drug-likeness (QED) is 0.815. The van der Waals surface area contributed by atoms with Crippen LogP contribution in [0.15, 0.2) is 30.3 Å². The molecule has 21 heavy (non-hydrogen) atoms. The van der Waals surface area contributed by atoms with Crippen molar-refractivity contribution in [1.29, 1.82) is 0 Å². The molecule has 1 amide bonds. The van der Waals surface area contributed by atoms with Gasteiger partial charge in [0.1, 0.15) is 0 Å². The Hall–Kier alpha value is -1.90. The molecule has 0 bridgehead atoms. The highest BCUT2D eigenvalue weighted by Crippen LogP contribution is 2.20. The third-order valence-electron chi connectivity index (χ3n) is 3.46. The number of aryl methyl sites for hydroxylation is 2. The Balaban J connectivity index is 0.000000677. The number of unbranched alkanes of at least 4 members (excludes halogenated alkanes) is 2. The molecule has 0 aliphatic rings. The molecule has 114 valence electrons. The Morgan fingerprint density at radius 2 is 1.71 bits per heavy atom. The van der Waals surface area contributed by atoms with Crippen LogP contribution in [0.5, 0.6) is 0 Å². The number of primary amides is 1. The van der Waals surface area contributed by atoms with E-state index < -0.39 is 0 Å². The van der Waals surface area contributed by atoms with Gasteiger partial charge in [-0.25, -0.2) is 0 Å². The zero-order valence-corrected chi connectivity index (χ0v) is 13.1. The fourth-order valence-corrected chi connectivity index (χ4v) is 2.34. The second-order valence-corrected chi connectivity index (χ2v) is 5.13. The standard InChI is InChI=1S/C17H23N.CH3NO/c1-3-5-9-14-13-15-10-7-8-12-17(15)18-16(14)11-6-4-2;2-1-3/h7-8,10,12-13H,3-6,9,11H2,1-2H3;1H,(H2,2,3). The lowest BCUT2D eigenvalue weighted by atomic mass is 10.0. The molecule has 0 atom stereocenters. The van der Waals surface area contributed by atoms with Crippen molar-refractivity contribution in [3.05, 3.63) is 41.6 Å². The molecule has 0 fully saturated rings.